The van der Waals surface area contributed by atoms with Crippen LogP contribution in [0.25, 0.3) is 5.76 Å². The Morgan fingerprint density at radius 3 is 2.68 bits per heavy atom. The Labute approximate surface area is 179 Å². The van der Waals surface area contributed by atoms with E-state index in [0.717, 1.165) is 5.56 Å². The Hall–Kier alpha value is -3.94. The van der Waals surface area contributed by atoms with E-state index < -0.39 is 17.7 Å². The second-order valence-electron chi connectivity index (χ2n) is 7.37. The minimum Gasteiger partial charge on any atom is -0.507 e. The lowest BCUT2D eigenvalue weighted by atomic mass is 9.94. The van der Waals surface area contributed by atoms with Crippen LogP contribution in [0.1, 0.15) is 34.1 Å². The number of aryl methyl sites for hydroxylation is 2. The molecular weight excluding hydrogens is 396 g/mol. The molecule has 31 heavy (non-hydrogen) atoms. The number of nitrogens with zero attached hydrogens (tertiary/aromatic N) is 3. The first kappa shape index (κ1) is 20.3. The summed E-state index contributed by atoms with van der Waals surface area (Å²) in [5, 5.41) is 18.1. The molecule has 0 radical (unpaired) electrons. The SMILES string of the molecule is COc1cccc([C@@H]2C(=C(O)c3c(C)n[nH]c3C)C(=O)C(=O)N2Cc2cccnc2)c1. The fourth-order valence-electron chi connectivity index (χ4n) is 3.92. The second-order valence-corrected chi connectivity index (χ2v) is 7.37. The first-order valence-corrected chi connectivity index (χ1v) is 9.75. The van der Waals surface area contributed by atoms with Crippen molar-refractivity contribution in [3.63, 3.8) is 0 Å². The summed E-state index contributed by atoms with van der Waals surface area (Å²) in [5.74, 6) is -1.09. The number of amides is 1. The van der Waals surface area contributed by atoms with Gasteiger partial charge in [0.05, 0.1) is 30.0 Å². The molecule has 158 valence electrons. The zero-order chi connectivity index (χ0) is 22.1. The van der Waals surface area contributed by atoms with Gasteiger partial charge in [-0.25, -0.2) is 0 Å². The van der Waals surface area contributed by atoms with Crippen molar-refractivity contribution in [3.8, 4) is 5.75 Å². The molecule has 3 heterocycles. The Balaban J connectivity index is 1.91. The Morgan fingerprint density at radius 2 is 2.03 bits per heavy atom. The first-order valence-electron chi connectivity index (χ1n) is 9.75. The van der Waals surface area contributed by atoms with Crippen LogP contribution >= 0.6 is 0 Å². The summed E-state index contributed by atoms with van der Waals surface area (Å²) in [4.78, 5) is 31.7. The summed E-state index contributed by atoms with van der Waals surface area (Å²) < 4.78 is 5.34. The summed E-state index contributed by atoms with van der Waals surface area (Å²) in [6.45, 7) is 3.65. The standard InChI is InChI=1S/C23H22N4O4/c1-13-18(14(2)26-25-13)21(28)19-20(16-7-4-8-17(10-16)31-3)27(23(30)22(19)29)12-15-6-5-9-24-11-15/h4-11,20,28H,12H2,1-3H3,(H,25,26)/t20-/m1/s1. The Bertz CT molecular complexity index is 1160. The topological polar surface area (TPSA) is 108 Å². The van der Waals surface area contributed by atoms with Crippen LogP contribution in [-0.2, 0) is 16.1 Å². The molecule has 0 spiro atoms. The van der Waals surface area contributed by atoms with Crippen LogP contribution in [0.3, 0.4) is 0 Å². The van der Waals surface area contributed by atoms with E-state index in [0.29, 0.717) is 28.3 Å². The number of carbonyl (C=O) groups is 2. The summed E-state index contributed by atoms with van der Waals surface area (Å²) >= 11 is 0. The molecule has 1 aliphatic heterocycles. The van der Waals surface area contributed by atoms with E-state index in [1.54, 1.807) is 63.7 Å². The predicted octanol–water partition coefficient (Wildman–Crippen LogP) is 3.05. The van der Waals surface area contributed by atoms with Crippen molar-refractivity contribution in [2.75, 3.05) is 7.11 Å². The zero-order valence-electron chi connectivity index (χ0n) is 17.4. The maximum atomic E-state index is 13.1. The second kappa shape index (κ2) is 8.06. The third kappa shape index (κ3) is 3.56. The van der Waals surface area contributed by atoms with E-state index in [4.69, 9.17) is 4.74 Å². The van der Waals surface area contributed by atoms with Crippen molar-refractivity contribution in [2.24, 2.45) is 0 Å². The quantitative estimate of drug-likeness (QED) is 0.375. The molecule has 0 bridgehead atoms. The maximum Gasteiger partial charge on any atom is 0.295 e. The molecule has 0 aliphatic carbocycles. The number of carbonyl (C=O) groups excluding carboxylic acids is 2. The molecule has 1 fully saturated rings. The number of aromatic amines is 1. The van der Waals surface area contributed by atoms with Gasteiger partial charge in [0, 0.05) is 24.6 Å². The van der Waals surface area contributed by atoms with Crippen LogP contribution in [0.4, 0.5) is 0 Å². The number of aliphatic hydroxyl groups excluding tert-OH is 1. The molecule has 1 aromatic carbocycles. The van der Waals surface area contributed by atoms with Gasteiger partial charge < -0.3 is 14.7 Å². The van der Waals surface area contributed by atoms with Gasteiger partial charge in [0.1, 0.15) is 11.5 Å². The number of methoxy groups -OCH3 is 1. The van der Waals surface area contributed by atoms with Crippen molar-refractivity contribution in [3.05, 3.63) is 82.4 Å². The normalized spacial score (nSPS) is 17.9. The van der Waals surface area contributed by atoms with Gasteiger partial charge in [0.25, 0.3) is 11.7 Å². The third-order valence-electron chi connectivity index (χ3n) is 5.39. The minimum atomic E-state index is -0.788. The number of ether oxygens (including phenoxy) is 1. The van der Waals surface area contributed by atoms with Gasteiger partial charge in [-0.05, 0) is 43.2 Å². The third-order valence-corrected chi connectivity index (χ3v) is 5.39. The van der Waals surface area contributed by atoms with Gasteiger partial charge in [-0.2, -0.15) is 5.10 Å². The van der Waals surface area contributed by atoms with Crippen LogP contribution in [0, 0.1) is 13.8 Å². The lowest BCUT2D eigenvalue weighted by Gasteiger charge is -2.25. The zero-order valence-corrected chi connectivity index (χ0v) is 17.4. The molecule has 1 atom stereocenters. The number of likely N-dealkylation sites (tertiary alicyclic amines) is 1. The van der Waals surface area contributed by atoms with Gasteiger partial charge in [0.2, 0.25) is 0 Å². The van der Waals surface area contributed by atoms with E-state index in [2.05, 4.69) is 15.2 Å². The number of benzene rings is 1. The highest BCUT2D eigenvalue weighted by atomic mass is 16.5. The number of aromatic nitrogens is 3. The lowest BCUT2D eigenvalue weighted by molar-refractivity contribution is -0.140. The maximum absolute atomic E-state index is 13.1. The van der Waals surface area contributed by atoms with E-state index in [-0.39, 0.29) is 17.9 Å². The molecule has 8 nitrogen and oxygen atoms in total. The highest BCUT2D eigenvalue weighted by molar-refractivity contribution is 6.46. The van der Waals surface area contributed by atoms with Crippen LogP contribution in [0.5, 0.6) is 5.75 Å². The first-order chi connectivity index (χ1) is 14.9. The van der Waals surface area contributed by atoms with Crippen molar-refractivity contribution in [1.82, 2.24) is 20.1 Å². The lowest BCUT2D eigenvalue weighted by Crippen LogP contribution is -2.29. The molecule has 1 amide bonds. The number of H-pyrrole nitrogens is 1. The van der Waals surface area contributed by atoms with Crippen molar-refractivity contribution in [2.45, 2.75) is 26.4 Å². The largest absolute Gasteiger partial charge is 0.507 e. The Kier molecular flexibility index (Phi) is 5.29. The van der Waals surface area contributed by atoms with Crippen molar-refractivity contribution in [1.29, 1.82) is 0 Å². The predicted molar refractivity (Wildman–Crippen MR) is 113 cm³/mol. The van der Waals surface area contributed by atoms with Crippen LogP contribution in [-0.4, -0.2) is 44.0 Å². The summed E-state index contributed by atoms with van der Waals surface area (Å²) in [6.07, 6.45) is 3.29. The summed E-state index contributed by atoms with van der Waals surface area (Å²) in [6, 6.07) is 9.94. The number of hydrogen-bond donors (Lipinski definition) is 2. The molecule has 2 aromatic heterocycles. The van der Waals surface area contributed by atoms with Crippen LogP contribution in [0.2, 0.25) is 0 Å². The number of rotatable bonds is 5. The number of Topliss-reactive ketones (excluding diaryl/α,β-unsaturated/α-hetero) is 1. The number of aliphatic hydroxyl groups is 1. The smallest absolute Gasteiger partial charge is 0.295 e. The van der Waals surface area contributed by atoms with Crippen LogP contribution < -0.4 is 4.74 Å². The van der Waals surface area contributed by atoms with Gasteiger partial charge in [0.15, 0.2) is 0 Å². The van der Waals surface area contributed by atoms with Gasteiger partial charge >= 0.3 is 0 Å². The van der Waals surface area contributed by atoms with Gasteiger partial charge in [-0.1, -0.05) is 18.2 Å². The number of ketones is 1. The monoisotopic (exact) mass is 418 g/mol. The van der Waals surface area contributed by atoms with Gasteiger partial charge in [-0.3, -0.25) is 19.7 Å². The van der Waals surface area contributed by atoms with E-state index in [1.807, 2.05) is 6.07 Å². The molecule has 2 N–H and O–H groups in total. The van der Waals surface area contributed by atoms with Gasteiger partial charge in [-0.15, -0.1) is 0 Å². The van der Waals surface area contributed by atoms with E-state index in [1.165, 1.54) is 4.90 Å². The van der Waals surface area contributed by atoms with Crippen LogP contribution in [0.15, 0.2) is 54.4 Å². The molecule has 4 rings (SSSR count). The molecule has 3 aromatic rings. The highest BCUT2D eigenvalue weighted by Crippen LogP contribution is 2.41. The highest BCUT2D eigenvalue weighted by Gasteiger charge is 2.46. The fraction of sp³-hybridized carbons (Fsp3) is 0.217. The van der Waals surface area contributed by atoms with E-state index >= 15 is 0 Å². The average molecular weight is 418 g/mol. The Morgan fingerprint density at radius 1 is 1.23 bits per heavy atom. The number of pyridine rings is 1. The fourth-order valence-corrected chi connectivity index (χ4v) is 3.92. The van der Waals surface area contributed by atoms with E-state index in [9.17, 15) is 14.7 Å². The molecule has 8 heteroatoms. The summed E-state index contributed by atoms with van der Waals surface area (Å²) in [7, 11) is 1.55. The summed E-state index contributed by atoms with van der Waals surface area (Å²) in [5.41, 5.74) is 3.02. The molecular formula is C23H22N4O4. The number of nitrogens with one attached hydrogen (secondary N) is 1. The molecule has 1 saturated heterocycles. The molecule has 0 unspecified atom stereocenters. The molecule has 0 saturated carbocycles. The average Bonchev–Trinajstić information content (AvgIpc) is 3.25. The molecule has 1 aliphatic rings. The van der Waals surface area contributed by atoms with Crippen molar-refractivity contribution < 1.29 is 19.4 Å². The minimum absolute atomic E-state index is 0.0229. The number of hydrogen-bond acceptors (Lipinski definition) is 6. The van der Waals surface area contributed by atoms with Crippen molar-refractivity contribution >= 4 is 17.4 Å².